The molecule has 0 spiro atoms. The normalized spacial score (nSPS) is 21.2. The second-order valence-electron chi connectivity index (χ2n) is 5.76. The molecule has 0 radical (unpaired) electrons. The fourth-order valence-corrected chi connectivity index (χ4v) is 2.83. The molecule has 2 unspecified atom stereocenters. The maximum absolute atomic E-state index is 11.8. The van der Waals surface area contributed by atoms with Gasteiger partial charge in [0.15, 0.2) is 0 Å². The first kappa shape index (κ1) is 15.8. The second-order valence-corrected chi connectivity index (χ2v) is 5.76. The standard InChI is InChI=1S/C17H25NO3/c1-21-15-10-8-13(9-11-15)4-2-7-17(20)18-12-14-5-3-6-16(14)19/h8-11,14,16,19H,2-7,12H2,1H3,(H,18,20). The number of ether oxygens (including phenoxy) is 1. The van der Waals surface area contributed by atoms with Gasteiger partial charge in [-0.1, -0.05) is 18.6 Å². The summed E-state index contributed by atoms with van der Waals surface area (Å²) in [6, 6.07) is 7.95. The van der Waals surface area contributed by atoms with Crippen molar-refractivity contribution < 1.29 is 14.6 Å². The lowest BCUT2D eigenvalue weighted by molar-refractivity contribution is -0.121. The summed E-state index contributed by atoms with van der Waals surface area (Å²) in [6.07, 6.45) is 5.00. The smallest absolute Gasteiger partial charge is 0.220 e. The van der Waals surface area contributed by atoms with E-state index in [9.17, 15) is 9.90 Å². The predicted molar refractivity (Wildman–Crippen MR) is 82.3 cm³/mol. The highest BCUT2D eigenvalue weighted by atomic mass is 16.5. The minimum absolute atomic E-state index is 0.0858. The fraction of sp³-hybridized carbons (Fsp3) is 0.588. The van der Waals surface area contributed by atoms with Crippen molar-refractivity contribution in [3.8, 4) is 5.75 Å². The van der Waals surface area contributed by atoms with Gasteiger partial charge in [0.05, 0.1) is 13.2 Å². The zero-order valence-electron chi connectivity index (χ0n) is 12.7. The van der Waals surface area contributed by atoms with Crippen LogP contribution in [0.2, 0.25) is 0 Å². The van der Waals surface area contributed by atoms with Crippen LogP contribution in [0.3, 0.4) is 0 Å². The van der Waals surface area contributed by atoms with E-state index in [-0.39, 0.29) is 17.9 Å². The van der Waals surface area contributed by atoms with Crippen molar-refractivity contribution in [1.82, 2.24) is 5.32 Å². The molecule has 0 saturated heterocycles. The van der Waals surface area contributed by atoms with E-state index in [2.05, 4.69) is 5.32 Å². The van der Waals surface area contributed by atoms with Crippen LogP contribution in [0.1, 0.15) is 37.7 Å². The lowest BCUT2D eigenvalue weighted by Crippen LogP contribution is -2.32. The summed E-state index contributed by atoms with van der Waals surface area (Å²) in [7, 11) is 1.65. The monoisotopic (exact) mass is 291 g/mol. The van der Waals surface area contributed by atoms with Crippen LogP contribution in [-0.2, 0) is 11.2 Å². The number of hydrogen-bond acceptors (Lipinski definition) is 3. The maximum atomic E-state index is 11.8. The highest BCUT2D eigenvalue weighted by Crippen LogP contribution is 2.24. The maximum Gasteiger partial charge on any atom is 0.220 e. The van der Waals surface area contributed by atoms with Gasteiger partial charge < -0.3 is 15.2 Å². The first-order valence-electron chi connectivity index (χ1n) is 7.76. The van der Waals surface area contributed by atoms with Crippen molar-refractivity contribution in [2.75, 3.05) is 13.7 Å². The molecule has 1 saturated carbocycles. The summed E-state index contributed by atoms with van der Waals surface area (Å²) in [5.74, 6) is 1.18. The number of methoxy groups -OCH3 is 1. The van der Waals surface area contributed by atoms with E-state index in [1.165, 1.54) is 5.56 Å². The van der Waals surface area contributed by atoms with Crippen LogP contribution >= 0.6 is 0 Å². The summed E-state index contributed by atoms with van der Waals surface area (Å²) >= 11 is 0. The molecule has 1 aromatic rings. The Morgan fingerprint density at radius 1 is 1.33 bits per heavy atom. The van der Waals surface area contributed by atoms with Crippen LogP contribution in [0.4, 0.5) is 0 Å². The number of rotatable bonds is 7. The van der Waals surface area contributed by atoms with Crippen molar-refractivity contribution in [2.24, 2.45) is 5.92 Å². The van der Waals surface area contributed by atoms with E-state index in [1.54, 1.807) is 7.11 Å². The van der Waals surface area contributed by atoms with E-state index >= 15 is 0 Å². The third-order valence-corrected chi connectivity index (χ3v) is 4.21. The van der Waals surface area contributed by atoms with Gasteiger partial charge >= 0.3 is 0 Å². The first-order valence-corrected chi connectivity index (χ1v) is 7.76. The second kappa shape index (κ2) is 8.03. The van der Waals surface area contributed by atoms with Crippen molar-refractivity contribution in [3.05, 3.63) is 29.8 Å². The van der Waals surface area contributed by atoms with E-state index < -0.39 is 0 Å². The van der Waals surface area contributed by atoms with E-state index in [0.717, 1.165) is 37.9 Å². The summed E-state index contributed by atoms with van der Waals surface area (Å²) in [6.45, 7) is 0.614. The van der Waals surface area contributed by atoms with Gasteiger partial charge in [-0.05, 0) is 43.4 Å². The fourth-order valence-electron chi connectivity index (χ4n) is 2.83. The SMILES string of the molecule is COc1ccc(CCCC(=O)NCC2CCCC2O)cc1. The highest BCUT2D eigenvalue weighted by Gasteiger charge is 2.25. The van der Waals surface area contributed by atoms with Gasteiger partial charge in [-0.25, -0.2) is 0 Å². The van der Waals surface area contributed by atoms with E-state index in [1.807, 2.05) is 24.3 Å². The lowest BCUT2D eigenvalue weighted by Gasteiger charge is -2.15. The topological polar surface area (TPSA) is 58.6 Å². The number of carbonyl (C=O) groups is 1. The zero-order chi connectivity index (χ0) is 15.1. The van der Waals surface area contributed by atoms with Gasteiger partial charge in [-0.3, -0.25) is 4.79 Å². The van der Waals surface area contributed by atoms with Gasteiger partial charge in [-0.15, -0.1) is 0 Å². The van der Waals surface area contributed by atoms with Crippen molar-refractivity contribution in [1.29, 1.82) is 0 Å². The number of benzene rings is 1. The molecular formula is C17H25NO3. The Morgan fingerprint density at radius 2 is 2.10 bits per heavy atom. The summed E-state index contributed by atoms with van der Waals surface area (Å²) < 4.78 is 5.12. The minimum atomic E-state index is -0.232. The van der Waals surface area contributed by atoms with Gasteiger partial charge in [0, 0.05) is 18.9 Å². The van der Waals surface area contributed by atoms with Crippen LogP contribution in [0.25, 0.3) is 0 Å². The number of aryl methyl sites for hydroxylation is 1. The molecule has 116 valence electrons. The Morgan fingerprint density at radius 3 is 2.71 bits per heavy atom. The van der Waals surface area contributed by atoms with Crippen LogP contribution in [0.15, 0.2) is 24.3 Å². The Kier molecular flexibility index (Phi) is 6.05. The molecule has 0 aromatic heterocycles. The van der Waals surface area contributed by atoms with Crippen molar-refractivity contribution in [2.45, 2.75) is 44.6 Å². The average Bonchev–Trinajstić information content (AvgIpc) is 2.91. The molecule has 1 fully saturated rings. The largest absolute Gasteiger partial charge is 0.497 e. The predicted octanol–water partition coefficient (Wildman–Crippen LogP) is 2.30. The van der Waals surface area contributed by atoms with Gasteiger partial charge in [-0.2, -0.15) is 0 Å². The molecule has 21 heavy (non-hydrogen) atoms. The quantitative estimate of drug-likeness (QED) is 0.810. The van der Waals surface area contributed by atoms with Crippen LogP contribution in [-0.4, -0.2) is 30.8 Å². The molecule has 2 N–H and O–H groups in total. The van der Waals surface area contributed by atoms with Gasteiger partial charge in [0.1, 0.15) is 5.75 Å². The molecule has 0 bridgehead atoms. The van der Waals surface area contributed by atoms with Crippen molar-refractivity contribution in [3.63, 3.8) is 0 Å². The zero-order valence-corrected chi connectivity index (χ0v) is 12.7. The van der Waals surface area contributed by atoms with Crippen molar-refractivity contribution >= 4 is 5.91 Å². The Bertz CT molecular complexity index is 444. The first-order chi connectivity index (χ1) is 10.2. The number of hydrogen-bond donors (Lipinski definition) is 2. The highest BCUT2D eigenvalue weighted by molar-refractivity contribution is 5.75. The van der Waals surface area contributed by atoms with Gasteiger partial charge in [0.2, 0.25) is 5.91 Å². The molecule has 2 atom stereocenters. The third kappa shape index (κ3) is 5.05. The summed E-state index contributed by atoms with van der Waals surface area (Å²) in [5.41, 5.74) is 1.22. The molecule has 1 amide bonds. The number of aliphatic hydroxyl groups is 1. The molecular weight excluding hydrogens is 266 g/mol. The molecule has 4 heteroatoms. The lowest BCUT2D eigenvalue weighted by atomic mass is 10.1. The minimum Gasteiger partial charge on any atom is -0.497 e. The van der Waals surface area contributed by atoms with E-state index in [4.69, 9.17) is 4.74 Å². The Hall–Kier alpha value is -1.55. The molecule has 1 aliphatic rings. The van der Waals surface area contributed by atoms with E-state index in [0.29, 0.717) is 13.0 Å². The van der Waals surface area contributed by atoms with Gasteiger partial charge in [0.25, 0.3) is 0 Å². The number of aliphatic hydroxyl groups excluding tert-OH is 1. The molecule has 2 rings (SSSR count). The van der Waals surface area contributed by atoms with Crippen LogP contribution < -0.4 is 10.1 Å². The number of nitrogens with one attached hydrogen (secondary N) is 1. The molecule has 0 heterocycles. The molecule has 4 nitrogen and oxygen atoms in total. The molecule has 1 aliphatic carbocycles. The summed E-state index contributed by atoms with van der Waals surface area (Å²) in [5, 5.41) is 12.6. The average molecular weight is 291 g/mol. The Labute approximate surface area is 126 Å². The van der Waals surface area contributed by atoms with Crippen LogP contribution in [0, 0.1) is 5.92 Å². The number of carbonyl (C=O) groups excluding carboxylic acids is 1. The summed E-state index contributed by atoms with van der Waals surface area (Å²) in [4.78, 5) is 11.8. The Balaban J connectivity index is 1.62. The molecule has 0 aliphatic heterocycles. The molecule has 1 aromatic carbocycles. The van der Waals surface area contributed by atoms with Crippen LogP contribution in [0.5, 0.6) is 5.75 Å². The number of amides is 1. The third-order valence-electron chi connectivity index (χ3n) is 4.21.